The first-order valence-corrected chi connectivity index (χ1v) is 7.82. The third-order valence-corrected chi connectivity index (χ3v) is 5.39. The first-order valence-electron chi connectivity index (χ1n) is 5.85. The summed E-state index contributed by atoms with van der Waals surface area (Å²) in [4.78, 5) is 8.19. The maximum atomic E-state index is 9.92. The fourth-order valence-electron chi connectivity index (χ4n) is 2.27. The average molecular weight is 256 g/mol. The minimum atomic E-state index is -0.255. The van der Waals surface area contributed by atoms with Crippen LogP contribution >= 0.6 is 23.1 Å². The summed E-state index contributed by atoms with van der Waals surface area (Å²) in [6, 6.07) is 0. The van der Waals surface area contributed by atoms with Crippen LogP contribution in [0.15, 0.2) is 0 Å². The van der Waals surface area contributed by atoms with Gasteiger partial charge in [0.05, 0.1) is 16.7 Å². The van der Waals surface area contributed by atoms with Crippen molar-refractivity contribution in [3.8, 4) is 0 Å². The number of nitrogens with zero attached hydrogens (tertiary/aromatic N) is 2. The maximum absolute atomic E-state index is 9.92. The summed E-state index contributed by atoms with van der Waals surface area (Å²) >= 11 is 3.72. The van der Waals surface area contributed by atoms with E-state index in [4.69, 9.17) is 4.98 Å². The molecule has 0 bridgehead atoms. The normalized spacial score (nSPS) is 25.6. The lowest BCUT2D eigenvalue weighted by molar-refractivity contribution is 0.160. The quantitative estimate of drug-likeness (QED) is 0.834. The zero-order chi connectivity index (χ0) is 11.0. The molecule has 1 saturated heterocycles. The lowest BCUT2D eigenvalue weighted by Crippen LogP contribution is -2.32. The molecule has 1 fully saturated rings. The second-order valence-corrected chi connectivity index (χ2v) is 6.55. The Hall–Kier alpha value is -0.260. The smallest absolute Gasteiger partial charge is 0.185 e. The van der Waals surface area contributed by atoms with E-state index < -0.39 is 0 Å². The fourth-order valence-corrected chi connectivity index (χ4v) is 4.36. The van der Waals surface area contributed by atoms with E-state index in [0.717, 1.165) is 48.1 Å². The minimum absolute atomic E-state index is 0.255. The van der Waals surface area contributed by atoms with Crippen LogP contribution in [-0.2, 0) is 6.42 Å². The standard InChI is InChI=1S/C11H16N2OS2/c14-9-3-1-2-8-10(9)16-11(12-8)13-4-6-15-7-5-13/h9,14H,1-7H2. The van der Waals surface area contributed by atoms with Crippen LogP contribution < -0.4 is 4.90 Å². The molecule has 88 valence electrons. The second kappa shape index (κ2) is 4.55. The molecule has 0 aromatic carbocycles. The van der Waals surface area contributed by atoms with Crippen LogP contribution in [0.4, 0.5) is 5.13 Å². The van der Waals surface area contributed by atoms with Gasteiger partial charge in [-0.3, -0.25) is 0 Å². The summed E-state index contributed by atoms with van der Waals surface area (Å²) in [7, 11) is 0. The molecule has 0 amide bonds. The number of anilines is 1. The van der Waals surface area contributed by atoms with Gasteiger partial charge in [0.15, 0.2) is 5.13 Å². The van der Waals surface area contributed by atoms with Gasteiger partial charge in [-0.2, -0.15) is 11.8 Å². The molecule has 3 rings (SSSR count). The van der Waals surface area contributed by atoms with Gasteiger partial charge in [-0.1, -0.05) is 11.3 Å². The van der Waals surface area contributed by atoms with Crippen LogP contribution in [0.25, 0.3) is 0 Å². The Morgan fingerprint density at radius 1 is 1.31 bits per heavy atom. The van der Waals surface area contributed by atoms with E-state index >= 15 is 0 Å². The molecule has 3 nitrogen and oxygen atoms in total. The van der Waals surface area contributed by atoms with Gasteiger partial charge in [-0.05, 0) is 19.3 Å². The third kappa shape index (κ3) is 1.96. The van der Waals surface area contributed by atoms with Crippen LogP contribution in [0.5, 0.6) is 0 Å². The highest BCUT2D eigenvalue weighted by molar-refractivity contribution is 7.99. The number of aliphatic hydroxyl groups excluding tert-OH is 1. The Morgan fingerprint density at radius 2 is 2.12 bits per heavy atom. The van der Waals surface area contributed by atoms with Gasteiger partial charge in [-0.25, -0.2) is 4.98 Å². The number of aliphatic hydroxyl groups is 1. The van der Waals surface area contributed by atoms with Crippen molar-refractivity contribution in [2.45, 2.75) is 25.4 Å². The zero-order valence-electron chi connectivity index (χ0n) is 9.19. The number of fused-ring (bicyclic) bond motifs is 1. The molecule has 1 aliphatic heterocycles. The molecular formula is C11H16N2OS2. The summed E-state index contributed by atoms with van der Waals surface area (Å²) in [6.07, 6.45) is 2.78. The van der Waals surface area contributed by atoms with Gasteiger partial charge in [-0.15, -0.1) is 0 Å². The molecule has 1 aromatic rings. The van der Waals surface area contributed by atoms with Gasteiger partial charge in [0.25, 0.3) is 0 Å². The van der Waals surface area contributed by atoms with Crippen molar-refractivity contribution < 1.29 is 5.11 Å². The molecule has 2 aliphatic rings. The van der Waals surface area contributed by atoms with E-state index in [2.05, 4.69) is 4.90 Å². The molecule has 0 saturated carbocycles. The highest BCUT2D eigenvalue weighted by atomic mass is 32.2. The van der Waals surface area contributed by atoms with E-state index in [0.29, 0.717) is 0 Å². The molecule has 1 N–H and O–H groups in total. The summed E-state index contributed by atoms with van der Waals surface area (Å²) in [5.41, 5.74) is 1.15. The van der Waals surface area contributed by atoms with Gasteiger partial charge >= 0.3 is 0 Å². The van der Waals surface area contributed by atoms with Crippen molar-refractivity contribution >= 4 is 28.2 Å². The van der Waals surface area contributed by atoms with Crippen molar-refractivity contribution in [1.29, 1.82) is 0 Å². The lowest BCUT2D eigenvalue weighted by atomic mass is 10.0. The van der Waals surface area contributed by atoms with E-state index in [9.17, 15) is 5.11 Å². The van der Waals surface area contributed by atoms with E-state index in [1.807, 2.05) is 11.8 Å². The lowest BCUT2D eigenvalue weighted by Gasteiger charge is -2.25. The molecular weight excluding hydrogens is 240 g/mol. The van der Waals surface area contributed by atoms with Crippen LogP contribution in [0.2, 0.25) is 0 Å². The molecule has 16 heavy (non-hydrogen) atoms. The number of hydrogen-bond donors (Lipinski definition) is 1. The summed E-state index contributed by atoms with van der Waals surface area (Å²) in [5.74, 6) is 2.40. The Labute approximate surface area is 104 Å². The minimum Gasteiger partial charge on any atom is -0.388 e. The van der Waals surface area contributed by atoms with E-state index in [1.165, 1.54) is 11.5 Å². The largest absolute Gasteiger partial charge is 0.388 e. The molecule has 2 heterocycles. The molecule has 1 aromatic heterocycles. The highest BCUT2D eigenvalue weighted by Gasteiger charge is 2.25. The third-order valence-electron chi connectivity index (χ3n) is 3.19. The Morgan fingerprint density at radius 3 is 2.88 bits per heavy atom. The Balaban J connectivity index is 1.85. The fraction of sp³-hybridized carbons (Fsp3) is 0.727. The van der Waals surface area contributed by atoms with Gasteiger partial charge in [0.1, 0.15) is 0 Å². The SMILES string of the molecule is OC1CCCc2nc(N3CCSCC3)sc21. The summed E-state index contributed by atoms with van der Waals surface area (Å²) in [6.45, 7) is 2.21. The van der Waals surface area contributed by atoms with Crippen molar-refractivity contribution in [3.05, 3.63) is 10.6 Å². The van der Waals surface area contributed by atoms with E-state index in [1.54, 1.807) is 11.3 Å². The van der Waals surface area contributed by atoms with Gasteiger partial charge < -0.3 is 10.0 Å². The van der Waals surface area contributed by atoms with Crippen LogP contribution in [0.1, 0.15) is 29.5 Å². The first-order chi connectivity index (χ1) is 7.84. The maximum Gasteiger partial charge on any atom is 0.185 e. The number of rotatable bonds is 1. The number of thioether (sulfide) groups is 1. The zero-order valence-corrected chi connectivity index (χ0v) is 10.8. The molecule has 0 spiro atoms. The predicted octanol–water partition coefficient (Wildman–Crippen LogP) is 2.07. The highest BCUT2D eigenvalue weighted by Crippen LogP contribution is 2.37. The Kier molecular flexibility index (Phi) is 3.09. The monoisotopic (exact) mass is 256 g/mol. The number of aromatic nitrogens is 1. The number of aryl methyl sites for hydroxylation is 1. The summed E-state index contributed by atoms with van der Waals surface area (Å²) in [5, 5.41) is 11.1. The first kappa shape index (κ1) is 10.9. The van der Waals surface area contributed by atoms with Crippen molar-refractivity contribution in [2.75, 3.05) is 29.5 Å². The van der Waals surface area contributed by atoms with Crippen molar-refractivity contribution in [3.63, 3.8) is 0 Å². The molecule has 1 aliphatic carbocycles. The molecule has 5 heteroatoms. The molecule has 1 atom stereocenters. The van der Waals surface area contributed by atoms with Gasteiger partial charge in [0, 0.05) is 24.6 Å². The second-order valence-electron chi connectivity index (χ2n) is 4.31. The Bertz CT molecular complexity index is 374. The van der Waals surface area contributed by atoms with Crippen molar-refractivity contribution in [1.82, 2.24) is 4.98 Å². The van der Waals surface area contributed by atoms with E-state index in [-0.39, 0.29) is 6.10 Å². The summed E-state index contributed by atoms with van der Waals surface area (Å²) < 4.78 is 0. The van der Waals surface area contributed by atoms with Crippen LogP contribution in [0, 0.1) is 0 Å². The van der Waals surface area contributed by atoms with Gasteiger partial charge in [0.2, 0.25) is 0 Å². The van der Waals surface area contributed by atoms with Crippen molar-refractivity contribution in [2.24, 2.45) is 0 Å². The number of thiazole rings is 1. The number of hydrogen-bond acceptors (Lipinski definition) is 5. The average Bonchev–Trinajstić information content (AvgIpc) is 2.76. The van der Waals surface area contributed by atoms with Crippen LogP contribution in [-0.4, -0.2) is 34.7 Å². The molecule has 1 unspecified atom stereocenters. The predicted molar refractivity (Wildman–Crippen MR) is 69.5 cm³/mol. The molecule has 0 radical (unpaired) electrons. The topological polar surface area (TPSA) is 36.4 Å². The van der Waals surface area contributed by atoms with Crippen LogP contribution in [0.3, 0.4) is 0 Å².